The number of fused-ring (bicyclic) bond motifs is 1. The first-order valence-corrected chi connectivity index (χ1v) is 10.4. The summed E-state index contributed by atoms with van der Waals surface area (Å²) in [5.74, 6) is -0.782. The lowest BCUT2D eigenvalue weighted by Gasteiger charge is -2.15. The fraction of sp³-hybridized carbons (Fsp3) is 0.200. The Kier molecular flexibility index (Phi) is 6.07. The molecule has 0 aliphatic heterocycles. The molecule has 0 spiro atoms. The summed E-state index contributed by atoms with van der Waals surface area (Å²) in [4.78, 5) is 21.4. The van der Waals surface area contributed by atoms with Crippen molar-refractivity contribution in [3.8, 4) is 22.4 Å². The van der Waals surface area contributed by atoms with E-state index in [-0.39, 0.29) is 12.4 Å². The molecule has 0 atom stereocenters. The smallest absolute Gasteiger partial charge is 0.330 e. The molecule has 0 saturated heterocycles. The van der Waals surface area contributed by atoms with Crippen molar-refractivity contribution in [2.24, 2.45) is 0 Å². The molecule has 3 heterocycles. The van der Waals surface area contributed by atoms with Crippen LogP contribution in [0.4, 0.5) is 4.39 Å². The maximum atomic E-state index is 13.6. The molecular weight excluding hydrogens is 407 g/mol. The van der Waals surface area contributed by atoms with Crippen LogP contribution < -0.4 is 0 Å². The number of aryl methyl sites for hydroxylation is 2. The fourth-order valence-electron chi connectivity index (χ4n) is 3.67. The average Bonchev–Trinajstić information content (AvgIpc) is 3.20. The van der Waals surface area contributed by atoms with Crippen LogP contribution >= 0.6 is 0 Å². The highest BCUT2D eigenvalue weighted by Gasteiger charge is 2.20. The summed E-state index contributed by atoms with van der Waals surface area (Å²) in [6, 6.07) is 8.17. The Morgan fingerprint density at radius 3 is 2.59 bits per heavy atom. The summed E-state index contributed by atoms with van der Waals surface area (Å²) in [7, 11) is 0. The molecule has 0 aliphatic carbocycles. The molecule has 32 heavy (non-hydrogen) atoms. The molecule has 6 nitrogen and oxygen atoms in total. The van der Waals surface area contributed by atoms with E-state index in [0.717, 1.165) is 27.6 Å². The van der Waals surface area contributed by atoms with Crippen LogP contribution in [0.5, 0.6) is 0 Å². The van der Waals surface area contributed by atoms with Crippen molar-refractivity contribution in [1.29, 1.82) is 0 Å². The molecule has 0 bridgehead atoms. The largest absolute Gasteiger partial charge is 0.463 e. The van der Waals surface area contributed by atoms with Crippen LogP contribution in [0.2, 0.25) is 0 Å². The van der Waals surface area contributed by atoms with E-state index in [2.05, 4.69) is 10.1 Å². The minimum Gasteiger partial charge on any atom is -0.463 e. The zero-order chi connectivity index (χ0) is 22.7. The minimum absolute atomic E-state index is 0.281. The first-order valence-electron chi connectivity index (χ1n) is 10.4. The zero-order valence-electron chi connectivity index (χ0n) is 18.2. The van der Waals surface area contributed by atoms with Crippen molar-refractivity contribution >= 4 is 23.1 Å². The zero-order valence-corrected chi connectivity index (χ0v) is 18.2. The Labute approximate surface area is 185 Å². The SMILES string of the molecule is CCOC(=O)C=Cc1c(-c2ccc(F)cc2)nc2c(cnn2CC)c1-c1cncc(C)c1. The van der Waals surface area contributed by atoms with Gasteiger partial charge in [0.1, 0.15) is 5.82 Å². The molecule has 0 unspecified atom stereocenters. The van der Waals surface area contributed by atoms with Crippen LogP contribution in [0, 0.1) is 12.7 Å². The predicted octanol–water partition coefficient (Wildman–Crippen LogP) is 5.20. The van der Waals surface area contributed by atoms with Crippen LogP contribution in [0.15, 0.2) is 55.0 Å². The van der Waals surface area contributed by atoms with Gasteiger partial charge in [-0.2, -0.15) is 5.10 Å². The molecule has 4 rings (SSSR count). The van der Waals surface area contributed by atoms with E-state index >= 15 is 0 Å². The number of aromatic nitrogens is 4. The first kappa shape index (κ1) is 21.4. The number of ether oxygens (including phenoxy) is 1. The average molecular weight is 430 g/mol. The molecule has 0 saturated carbocycles. The van der Waals surface area contributed by atoms with E-state index in [1.807, 2.05) is 24.6 Å². The highest BCUT2D eigenvalue weighted by Crippen LogP contribution is 2.38. The van der Waals surface area contributed by atoms with Crippen LogP contribution in [0.25, 0.3) is 39.5 Å². The van der Waals surface area contributed by atoms with Gasteiger partial charge in [-0.15, -0.1) is 0 Å². The standard InChI is InChI=1S/C25H23FN4O2/c1-4-30-25-21(15-28-30)23(18-12-16(3)13-27-14-18)20(10-11-22(31)32-5-2)24(29-25)17-6-8-19(26)9-7-17/h6-15H,4-5H2,1-3H3. The second kappa shape index (κ2) is 9.09. The Morgan fingerprint density at radius 1 is 1.12 bits per heavy atom. The third-order valence-corrected chi connectivity index (χ3v) is 5.08. The number of halogens is 1. The topological polar surface area (TPSA) is 69.9 Å². The number of carbonyl (C=O) groups is 1. The van der Waals surface area contributed by atoms with Crippen molar-refractivity contribution in [3.05, 3.63) is 71.9 Å². The summed E-state index contributed by atoms with van der Waals surface area (Å²) in [5.41, 5.74) is 5.48. The van der Waals surface area contributed by atoms with Crippen molar-refractivity contribution in [1.82, 2.24) is 19.7 Å². The molecule has 0 radical (unpaired) electrons. The Hall–Kier alpha value is -3.87. The van der Waals surface area contributed by atoms with E-state index in [1.165, 1.54) is 18.2 Å². The van der Waals surface area contributed by atoms with E-state index in [4.69, 9.17) is 9.72 Å². The highest BCUT2D eigenvalue weighted by atomic mass is 19.1. The molecule has 7 heteroatoms. The van der Waals surface area contributed by atoms with Gasteiger partial charge in [-0.05, 0) is 62.7 Å². The summed E-state index contributed by atoms with van der Waals surface area (Å²) >= 11 is 0. The van der Waals surface area contributed by atoms with Crippen molar-refractivity contribution in [3.63, 3.8) is 0 Å². The van der Waals surface area contributed by atoms with E-state index in [9.17, 15) is 9.18 Å². The Bertz CT molecular complexity index is 1310. The van der Waals surface area contributed by atoms with Gasteiger partial charge in [0.2, 0.25) is 0 Å². The van der Waals surface area contributed by atoms with Gasteiger partial charge in [0.25, 0.3) is 0 Å². The van der Waals surface area contributed by atoms with E-state index < -0.39 is 5.97 Å². The first-order chi connectivity index (χ1) is 15.5. The van der Waals surface area contributed by atoms with E-state index in [0.29, 0.717) is 23.4 Å². The third-order valence-electron chi connectivity index (χ3n) is 5.08. The molecule has 0 fully saturated rings. The predicted molar refractivity (Wildman–Crippen MR) is 122 cm³/mol. The summed E-state index contributed by atoms with van der Waals surface area (Å²) in [6.07, 6.45) is 8.42. The molecule has 0 amide bonds. The molecular formula is C25H23FN4O2. The number of rotatable bonds is 6. The van der Waals surface area contributed by atoms with Crippen molar-refractivity contribution < 1.29 is 13.9 Å². The highest BCUT2D eigenvalue weighted by molar-refractivity contribution is 6.02. The lowest BCUT2D eigenvalue weighted by Crippen LogP contribution is -2.02. The van der Waals surface area contributed by atoms with Gasteiger partial charge < -0.3 is 4.74 Å². The number of carbonyl (C=O) groups excluding carboxylic acids is 1. The molecule has 162 valence electrons. The monoisotopic (exact) mass is 430 g/mol. The molecule has 1 aromatic carbocycles. The number of nitrogens with zero attached hydrogens (tertiary/aromatic N) is 4. The summed E-state index contributed by atoms with van der Waals surface area (Å²) < 4.78 is 20.5. The van der Waals surface area contributed by atoms with Crippen LogP contribution in [0.1, 0.15) is 25.0 Å². The molecule has 0 N–H and O–H groups in total. The van der Waals surface area contributed by atoms with E-state index in [1.54, 1.807) is 43.7 Å². The lowest BCUT2D eigenvalue weighted by molar-refractivity contribution is -0.137. The van der Waals surface area contributed by atoms with Crippen LogP contribution in [-0.2, 0) is 16.1 Å². The fourth-order valence-corrected chi connectivity index (χ4v) is 3.67. The van der Waals surface area contributed by atoms with Crippen LogP contribution in [0.3, 0.4) is 0 Å². The Morgan fingerprint density at radius 2 is 1.91 bits per heavy atom. The second-order valence-electron chi connectivity index (χ2n) is 7.29. The van der Waals surface area contributed by atoms with Gasteiger partial charge in [0, 0.05) is 52.7 Å². The third kappa shape index (κ3) is 4.14. The van der Waals surface area contributed by atoms with Gasteiger partial charge in [-0.25, -0.2) is 18.9 Å². The van der Waals surface area contributed by atoms with Gasteiger partial charge >= 0.3 is 5.97 Å². The number of benzene rings is 1. The maximum Gasteiger partial charge on any atom is 0.330 e. The van der Waals surface area contributed by atoms with Crippen LogP contribution in [-0.4, -0.2) is 32.3 Å². The van der Waals surface area contributed by atoms with Gasteiger partial charge in [-0.1, -0.05) is 0 Å². The molecule has 0 aliphatic rings. The normalized spacial score (nSPS) is 11.4. The summed E-state index contributed by atoms with van der Waals surface area (Å²) in [6.45, 7) is 6.64. The Balaban J connectivity index is 2.08. The van der Waals surface area contributed by atoms with Gasteiger partial charge in [0.05, 0.1) is 18.5 Å². The maximum absolute atomic E-state index is 13.6. The number of esters is 1. The number of hydrogen-bond acceptors (Lipinski definition) is 5. The molecule has 4 aromatic rings. The number of hydrogen-bond donors (Lipinski definition) is 0. The minimum atomic E-state index is -0.449. The van der Waals surface area contributed by atoms with Crippen molar-refractivity contribution in [2.45, 2.75) is 27.3 Å². The summed E-state index contributed by atoms with van der Waals surface area (Å²) in [5, 5.41) is 5.34. The lowest BCUT2D eigenvalue weighted by atomic mass is 9.93. The van der Waals surface area contributed by atoms with Crippen molar-refractivity contribution in [2.75, 3.05) is 6.61 Å². The number of pyridine rings is 2. The van der Waals surface area contributed by atoms with Gasteiger partial charge in [0.15, 0.2) is 5.65 Å². The molecule has 3 aromatic heterocycles. The van der Waals surface area contributed by atoms with Gasteiger partial charge in [-0.3, -0.25) is 4.98 Å². The second-order valence-corrected chi connectivity index (χ2v) is 7.29. The quantitative estimate of drug-likeness (QED) is 0.310.